The molecule has 46 heavy (non-hydrogen) atoms. The van der Waals surface area contributed by atoms with Gasteiger partial charge in [-0.25, -0.2) is 4.57 Å². The summed E-state index contributed by atoms with van der Waals surface area (Å²) in [4.78, 5) is 35.0. The summed E-state index contributed by atoms with van der Waals surface area (Å²) in [6.45, 7) is 4.35. The van der Waals surface area contributed by atoms with Crippen molar-refractivity contribution >= 4 is 19.8 Å². The Morgan fingerprint density at radius 3 is 1.61 bits per heavy atom. The van der Waals surface area contributed by atoms with Crippen LogP contribution in [0.4, 0.5) is 0 Å². The van der Waals surface area contributed by atoms with E-state index in [1.54, 1.807) is 0 Å². The maximum Gasteiger partial charge on any atom is 0.472 e. The molecule has 0 spiro atoms. The number of phosphoric ester groups is 1. The first-order valence-electron chi connectivity index (χ1n) is 18.4. The lowest BCUT2D eigenvalue weighted by atomic mass is 10.1. The quantitative estimate of drug-likeness (QED) is 0.0241. The molecule has 272 valence electrons. The van der Waals surface area contributed by atoms with Crippen LogP contribution in [0.1, 0.15) is 155 Å². The third kappa shape index (κ3) is 32.7. The van der Waals surface area contributed by atoms with E-state index in [0.29, 0.717) is 17.4 Å². The fourth-order valence-electron chi connectivity index (χ4n) is 4.83. The molecule has 0 heterocycles. The molecule has 0 rings (SSSR count). The number of carbonyl (C=O) groups excluding carboxylic acids is 2. The van der Waals surface area contributed by atoms with E-state index in [-0.39, 0.29) is 32.0 Å². The van der Waals surface area contributed by atoms with E-state index in [9.17, 15) is 19.0 Å². The van der Waals surface area contributed by atoms with E-state index >= 15 is 0 Å². The number of quaternary nitrogens is 1. The van der Waals surface area contributed by atoms with Crippen LogP contribution in [0.2, 0.25) is 0 Å². The molecule has 0 amide bonds. The van der Waals surface area contributed by atoms with Crippen LogP contribution >= 0.6 is 7.82 Å². The minimum absolute atomic E-state index is 0.0325. The Labute approximate surface area is 282 Å². The number of carbonyl (C=O) groups is 2. The Bertz CT molecular complexity index is 814. The van der Waals surface area contributed by atoms with Gasteiger partial charge in [-0.2, -0.15) is 0 Å². The summed E-state index contributed by atoms with van der Waals surface area (Å²) >= 11 is 0. The highest BCUT2D eigenvalue weighted by Crippen LogP contribution is 2.43. The van der Waals surface area contributed by atoms with E-state index in [0.717, 1.165) is 51.4 Å². The lowest BCUT2D eigenvalue weighted by molar-refractivity contribution is -0.870. The summed E-state index contributed by atoms with van der Waals surface area (Å²) in [5, 5.41) is 0. The first kappa shape index (κ1) is 44.8. The van der Waals surface area contributed by atoms with Crippen molar-refractivity contribution in [3.05, 3.63) is 12.2 Å². The molecule has 9 nitrogen and oxygen atoms in total. The van der Waals surface area contributed by atoms with Crippen molar-refractivity contribution in [2.75, 3.05) is 47.5 Å². The van der Waals surface area contributed by atoms with Crippen molar-refractivity contribution in [2.24, 2.45) is 0 Å². The monoisotopic (exact) mass is 676 g/mol. The molecule has 0 aliphatic rings. The van der Waals surface area contributed by atoms with Crippen LogP contribution in [0.25, 0.3) is 0 Å². The molecular formula is C36H71NO8P+. The lowest BCUT2D eigenvalue weighted by Gasteiger charge is -2.24. The standard InChI is InChI=1S/C36H70NO8P/c1-6-8-10-12-14-16-17-18-19-20-21-23-25-27-29-36(39)45-34(33-44-46(40,41)43-31-30-37(3,4)5)32-42-35(38)28-26-24-22-15-13-11-9-7-2/h17-18,34H,6-16,19-33H2,1-5H3/p+1/b18-17-. The Morgan fingerprint density at radius 1 is 0.652 bits per heavy atom. The zero-order valence-corrected chi connectivity index (χ0v) is 31.2. The third-order valence-electron chi connectivity index (χ3n) is 7.80. The van der Waals surface area contributed by atoms with Gasteiger partial charge in [-0.1, -0.05) is 116 Å². The second-order valence-electron chi connectivity index (χ2n) is 13.6. The summed E-state index contributed by atoms with van der Waals surface area (Å²) in [5.74, 6) is -0.812. The maximum absolute atomic E-state index is 12.6. The molecule has 1 N–H and O–H groups in total. The minimum Gasteiger partial charge on any atom is -0.462 e. The largest absolute Gasteiger partial charge is 0.472 e. The highest BCUT2D eigenvalue weighted by molar-refractivity contribution is 7.47. The Hall–Kier alpha value is -1.25. The first-order chi connectivity index (χ1) is 22.0. The Balaban J connectivity index is 4.45. The number of ether oxygens (including phenoxy) is 2. The second kappa shape index (κ2) is 29.9. The number of likely N-dealkylation sites (N-methyl/N-ethyl adjacent to an activating group) is 1. The normalized spacial score (nSPS) is 14.0. The van der Waals surface area contributed by atoms with Crippen molar-refractivity contribution in [1.29, 1.82) is 0 Å². The summed E-state index contributed by atoms with van der Waals surface area (Å²) in [7, 11) is 1.47. The average Bonchev–Trinajstić information content (AvgIpc) is 2.99. The molecule has 0 radical (unpaired) electrons. The van der Waals surface area contributed by atoms with Gasteiger partial charge in [-0.3, -0.25) is 18.6 Å². The predicted octanol–water partition coefficient (Wildman–Crippen LogP) is 9.46. The number of phosphoric acid groups is 1. The fourth-order valence-corrected chi connectivity index (χ4v) is 5.57. The number of hydrogen-bond acceptors (Lipinski definition) is 7. The molecule has 0 aromatic rings. The van der Waals surface area contributed by atoms with Crippen molar-refractivity contribution in [1.82, 2.24) is 0 Å². The molecule has 0 aromatic carbocycles. The van der Waals surface area contributed by atoms with Crippen molar-refractivity contribution in [3.8, 4) is 0 Å². The minimum atomic E-state index is -4.36. The SMILES string of the molecule is CCCCCCC/C=C\CCCCCCCC(=O)OC(COC(=O)CCCCCCCCCC)COP(=O)(O)OCC[N+](C)(C)C. The fraction of sp³-hybridized carbons (Fsp3) is 0.889. The molecule has 0 saturated carbocycles. The van der Waals surface area contributed by atoms with E-state index in [2.05, 4.69) is 26.0 Å². The van der Waals surface area contributed by atoms with Gasteiger partial charge in [0.25, 0.3) is 0 Å². The number of unbranched alkanes of at least 4 members (excludes halogenated alkanes) is 17. The average molecular weight is 677 g/mol. The van der Waals surface area contributed by atoms with Gasteiger partial charge in [0.1, 0.15) is 19.8 Å². The molecule has 0 aliphatic carbocycles. The number of allylic oxidation sites excluding steroid dienone is 2. The molecule has 0 saturated heterocycles. The van der Waals surface area contributed by atoms with Gasteiger partial charge >= 0.3 is 19.8 Å². The van der Waals surface area contributed by atoms with Gasteiger partial charge in [0, 0.05) is 12.8 Å². The Morgan fingerprint density at radius 2 is 1.11 bits per heavy atom. The topological polar surface area (TPSA) is 108 Å². The molecule has 0 aliphatic heterocycles. The molecule has 10 heteroatoms. The molecular weight excluding hydrogens is 605 g/mol. The van der Waals surface area contributed by atoms with Gasteiger partial charge in [0.15, 0.2) is 6.10 Å². The molecule has 2 unspecified atom stereocenters. The van der Waals surface area contributed by atoms with Gasteiger partial charge in [-0.05, 0) is 38.5 Å². The van der Waals surface area contributed by atoms with Gasteiger partial charge < -0.3 is 18.9 Å². The Kier molecular flexibility index (Phi) is 29.0. The molecule has 0 bridgehead atoms. The van der Waals surface area contributed by atoms with E-state index in [4.69, 9.17) is 18.5 Å². The zero-order chi connectivity index (χ0) is 34.4. The van der Waals surface area contributed by atoms with Crippen LogP contribution in [-0.2, 0) is 32.7 Å². The second-order valence-corrected chi connectivity index (χ2v) is 15.1. The van der Waals surface area contributed by atoms with Crippen LogP contribution in [-0.4, -0.2) is 74.9 Å². The smallest absolute Gasteiger partial charge is 0.462 e. The van der Waals surface area contributed by atoms with Crippen LogP contribution < -0.4 is 0 Å². The van der Waals surface area contributed by atoms with Crippen LogP contribution in [0.3, 0.4) is 0 Å². The van der Waals surface area contributed by atoms with E-state index in [1.165, 1.54) is 70.6 Å². The summed E-state index contributed by atoms with van der Waals surface area (Å²) < 4.78 is 34.0. The van der Waals surface area contributed by atoms with Crippen molar-refractivity contribution in [2.45, 2.75) is 161 Å². The van der Waals surface area contributed by atoms with E-state index in [1.807, 2.05) is 21.1 Å². The lowest BCUT2D eigenvalue weighted by Crippen LogP contribution is -2.37. The number of nitrogens with zero attached hydrogens (tertiary/aromatic N) is 1. The van der Waals surface area contributed by atoms with Crippen molar-refractivity contribution in [3.63, 3.8) is 0 Å². The predicted molar refractivity (Wildman–Crippen MR) is 188 cm³/mol. The number of hydrogen-bond donors (Lipinski definition) is 1. The number of rotatable bonds is 33. The van der Waals surface area contributed by atoms with Gasteiger partial charge in [-0.15, -0.1) is 0 Å². The first-order valence-corrected chi connectivity index (χ1v) is 19.9. The highest BCUT2D eigenvalue weighted by atomic mass is 31.2. The van der Waals surface area contributed by atoms with Gasteiger partial charge in [0.05, 0.1) is 27.7 Å². The number of esters is 2. The molecule has 0 fully saturated rings. The molecule has 0 aromatic heterocycles. The summed E-state index contributed by atoms with van der Waals surface area (Å²) in [6, 6.07) is 0. The third-order valence-corrected chi connectivity index (χ3v) is 8.78. The highest BCUT2D eigenvalue weighted by Gasteiger charge is 2.27. The maximum atomic E-state index is 12.6. The van der Waals surface area contributed by atoms with E-state index < -0.39 is 26.5 Å². The summed E-state index contributed by atoms with van der Waals surface area (Å²) in [6.07, 6.45) is 26.9. The van der Waals surface area contributed by atoms with Crippen LogP contribution in [0, 0.1) is 0 Å². The van der Waals surface area contributed by atoms with Gasteiger partial charge in [0.2, 0.25) is 0 Å². The zero-order valence-electron chi connectivity index (χ0n) is 30.3. The van der Waals surface area contributed by atoms with Crippen LogP contribution in [0.15, 0.2) is 12.2 Å². The summed E-state index contributed by atoms with van der Waals surface area (Å²) in [5.41, 5.74) is 0. The molecule has 2 atom stereocenters. The van der Waals surface area contributed by atoms with Crippen molar-refractivity contribution < 1.29 is 42.1 Å². The van der Waals surface area contributed by atoms with Crippen LogP contribution in [0.5, 0.6) is 0 Å².